The Bertz CT molecular complexity index is 1720. The summed E-state index contributed by atoms with van der Waals surface area (Å²) >= 11 is 21.0. The van der Waals surface area contributed by atoms with Gasteiger partial charge in [-0.15, -0.1) is 23.2 Å². The summed E-state index contributed by atoms with van der Waals surface area (Å²) in [6.07, 6.45) is 0.00484. The van der Waals surface area contributed by atoms with Gasteiger partial charge in [-0.25, -0.2) is 0 Å². The summed E-state index contributed by atoms with van der Waals surface area (Å²) in [7, 11) is 0. The number of hydrogen-bond donors (Lipinski definition) is 2. The van der Waals surface area contributed by atoms with Crippen LogP contribution < -0.4 is 10.9 Å². The van der Waals surface area contributed by atoms with Gasteiger partial charge >= 0.3 is 0 Å². The number of carbonyl (C=O) groups is 4. The predicted molar refractivity (Wildman–Crippen MR) is 166 cm³/mol. The summed E-state index contributed by atoms with van der Waals surface area (Å²) < 4.78 is 0. The minimum Gasteiger partial charge on any atom is -0.274 e. The zero-order chi connectivity index (χ0) is 30.8. The average molecular weight is 645 g/mol. The van der Waals surface area contributed by atoms with Gasteiger partial charge in [0.25, 0.3) is 11.8 Å². The van der Waals surface area contributed by atoms with E-state index >= 15 is 0 Å². The molecule has 1 aliphatic heterocycles. The molecule has 0 radical (unpaired) electrons. The molecule has 1 fully saturated rings. The average Bonchev–Trinajstić information content (AvgIpc) is 3.32. The first-order valence-electron chi connectivity index (χ1n) is 14.0. The number of hydrazine groups is 1. The molecular weight excluding hydrogens is 621 g/mol. The molecule has 44 heavy (non-hydrogen) atoms. The summed E-state index contributed by atoms with van der Waals surface area (Å²) in [5, 5.41) is 0.452. The lowest BCUT2D eigenvalue weighted by Gasteiger charge is -2.54. The molecule has 2 bridgehead atoms. The van der Waals surface area contributed by atoms with Gasteiger partial charge in [0.05, 0.1) is 11.8 Å². The number of benzene rings is 4. The Kier molecular flexibility index (Phi) is 6.81. The maximum atomic E-state index is 14.5. The molecule has 4 amide bonds. The molecule has 4 aromatic rings. The van der Waals surface area contributed by atoms with E-state index in [4.69, 9.17) is 34.8 Å². The zero-order valence-corrected chi connectivity index (χ0v) is 25.2. The second kappa shape index (κ2) is 10.5. The first-order valence-corrected chi connectivity index (χ1v) is 15.1. The van der Waals surface area contributed by atoms with Crippen molar-refractivity contribution in [3.8, 4) is 0 Å². The van der Waals surface area contributed by atoms with Crippen molar-refractivity contribution in [3.05, 3.63) is 142 Å². The minimum atomic E-state index is -1.38. The number of imide groups is 1. The van der Waals surface area contributed by atoms with Crippen molar-refractivity contribution in [1.82, 2.24) is 15.8 Å². The Balaban J connectivity index is 1.28. The summed E-state index contributed by atoms with van der Waals surface area (Å²) in [6.45, 7) is 0. The number of nitrogens with zero attached hydrogens (tertiary/aromatic N) is 1. The third-order valence-electron chi connectivity index (χ3n) is 8.91. The molecule has 0 spiro atoms. The Labute approximate surface area is 268 Å². The van der Waals surface area contributed by atoms with Crippen LogP contribution in [0.5, 0.6) is 0 Å². The normalized spacial score (nSPS) is 25.1. The lowest BCUT2D eigenvalue weighted by atomic mass is 9.54. The zero-order valence-electron chi connectivity index (χ0n) is 23.0. The van der Waals surface area contributed by atoms with Crippen molar-refractivity contribution >= 4 is 58.4 Å². The highest BCUT2D eigenvalue weighted by atomic mass is 35.5. The molecule has 3 atom stereocenters. The molecule has 4 aromatic carbocycles. The van der Waals surface area contributed by atoms with Gasteiger partial charge in [0.1, 0.15) is 15.8 Å². The fraction of sp³-hybridized carbons (Fsp3) is 0.176. The van der Waals surface area contributed by atoms with Crippen LogP contribution in [0.3, 0.4) is 0 Å². The molecule has 1 saturated heterocycles. The summed E-state index contributed by atoms with van der Waals surface area (Å²) in [5.74, 6) is -4.65. The van der Waals surface area contributed by atoms with E-state index in [9.17, 15) is 19.2 Å². The maximum Gasteiger partial charge on any atom is 0.269 e. The monoisotopic (exact) mass is 643 g/mol. The van der Waals surface area contributed by atoms with E-state index in [0.29, 0.717) is 32.8 Å². The van der Waals surface area contributed by atoms with Crippen LogP contribution in [0.1, 0.15) is 38.2 Å². The molecule has 0 unspecified atom stereocenters. The van der Waals surface area contributed by atoms with Gasteiger partial charge in [0.15, 0.2) is 0 Å². The van der Waals surface area contributed by atoms with Crippen molar-refractivity contribution in [2.45, 2.75) is 22.2 Å². The number of carbonyl (C=O) groups excluding carboxylic acids is 4. The van der Waals surface area contributed by atoms with Crippen LogP contribution >= 0.6 is 34.8 Å². The van der Waals surface area contributed by atoms with E-state index in [1.807, 2.05) is 54.6 Å². The van der Waals surface area contributed by atoms with E-state index in [1.165, 1.54) is 12.1 Å². The first kappa shape index (κ1) is 28.6. The van der Waals surface area contributed by atoms with Gasteiger partial charge in [-0.1, -0.05) is 90.5 Å². The summed E-state index contributed by atoms with van der Waals surface area (Å²) in [5.41, 5.74) is 8.45. The van der Waals surface area contributed by atoms with Crippen molar-refractivity contribution in [3.63, 3.8) is 0 Å². The number of amides is 4. The van der Waals surface area contributed by atoms with Crippen LogP contribution in [0, 0.1) is 11.8 Å². The molecule has 4 aliphatic rings. The van der Waals surface area contributed by atoms with Crippen LogP contribution in [-0.4, -0.2) is 34.6 Å². The molecule has 0 aromatic heterocycles. The van der Waals surface area contributed by atoms with Gasteiger partial charge < -0.3 is 0 Å². The fourth-order valence-corrected chi connectivity index (χ4v) is 8.23. The van der Waals surface area contributed by atoms with E-state index in [-0.39, 0.29) is 12.0 Å². The summed E-state index contributed by atoms with van der Waals surface area (Å²) in [6, 6.07) is 28.5. The third-order valence-corrected chi connectivity index (χ3v) is 10.4. The van der Waals surface area contributed by atoms with E-state index in [1.54, 1.807) is 36.4 Å². The fourth-order valence-electron chi connectivity index (χ4n) is 7.01. The number of rotatable bonds is 5. The van der Waals surface area contributed by atoms with Crippen LogP contribution in [0.15, 0.2) is 103 Å². The van der Waals surface area contributed by atoms with Gasteiger partial charge in [-0.3, -0.25) is 34.9 Å². The Morgan fingerprint density at radius 1 is 0.682 bits per heavy atom. The highest BCUT2D eigenvalue weighted by Gasteiger charge is 2.73. The van der Waals surface area contributed by atoms with Gasteiger partial charge in [0, 0.05) is 17.0 Å². The van der Waals surface area contributed by atoms with Crippen molar-refractivity contribution in [2.75, 3.05) is 0 Å². The largest absolute Gasteiger partial charge is 0.274 e. The summed E-state index contributed by atoms with van der Waals surface area (Å²) in [4.78, 5) is 53.9. The molecule has 3 aliphatic carbocycles. The van der Waals surface area contributed by atoms with E-state index in [2.05, 4.69) is 10.9 Å². The molecule has 7 nitrogen and oxygen atoms in total. The van der Waals surface area contributed by atoms with Gasteiger partial charge in [0.2, 0.25) is 11.8 Å². The Morgan fingerprint density at radius 2 is 1.14 bits per heavy atom. The Morgan fingerprint density at radius 3 is 1.61 bits per heavy atom. The second-order valence-electron chi connectivity index (χ2n) is 11.2. The highest BCUT2D eigenvalue weighted by molar-refractivity contribution is 6.36. The smallest absolute Gasteiger partial charge is 0.269 e. The lowest BCUT2D eigenvalue weighted by Crippen LogP contribution is -2.57. The van der Waals surface area contributed by atoms with Crippen molar-refractivity contribution in [2.24, 2.45) is 11.8 Å². The number of likely N-dealkylation sites (tertiary alicyclic amines) is 1. The molecular formula is C34H24Cl3N3O4. The van der Waals surface area contributed by atoms with Gasteiger partial charge in [-0.05, 0) is 52.1 Å². The van der Waals surface area contributed by atoms with Crippen LogP contribution in [-0.2, 0) is 30.6 Å². The quantitative estimate of drug-likeness (QED) is 0.175. The van der Waals surface area contributed by atoms with Gasteiger partial charge in [-0.2, -0.15) is 0 Å². The topological polar surface area (TPSA) is 95.6 Å². The lowest BCUT2D eigenvalue weighted by molar-refractivity contribution is -0.148. The number of nitrogens with one attached hydrogen (secondary N) is 2. The minimum absolute atomic E-state index is 0.00484. The molecule has 1 heterocycles. The predicted octanol–water partition coefficient (Wildman–Crippen LogP) is 5.31. The maximum absolute atomic E-state index is 14.5. The number of hydrogen-bond acceptors (Lipinski definition) is 4. The van der Waals surface area contributed by atoms with Crippen molar-refractivity contribution in [1.29, 1.82) is 0 Å². The van der Waals surface area contributed by atoms with Crippen LogP contribution in [0.25, 0.3) is 0 Å². The third kappa shape index (κ3) is 4.03. The number of halogens is 3. The van der Waals surface area contributed by atoms with E-state index < -0.39 is 51.3 Å². The molecule has 0 saturated carbocycles. The number of alkyl halides is 2. The molecule has 2 N–H and O–H groups in total. The Hall–Kier alpha value is -4.17. The van der Waals surface area contributed by atoms with Crippen LogP contribution in [0.2, 0.25) is 5.02 Å². The highest BCUT2D eigenvalue weighted by Crippen LogP contribution is 2.69. The molecule has 8 rings (SSSR count). The second-order valence-corrected chi connectivity index (χ2v) is 12.8. The first-order chi connectivity index (χ1) is 21.2. The van der Waals surface area contributed by atoms with Crippen LogP contribution in [0.4, 0.5) is 0 Å². The van der Waals surface area contributed by atoms with Crippen molar-refractivity contribution < 1.29 is 19.2 Å². The molecule has 220 valence electrons. The standard InChI is InChI=1S/C34H24Cl3N3O4/c35-21-16-14-20(15-17-21)29(41)38-39-30(42)26(18-19-8-2-1-3-9-19)40-31(43)27-28(32(40)44)34(37)23-11-5-4-10-22(23)33(27,36)24-12-6-7-13-25(24)34/h1-17,26-28H,18H2,(H,38,41)(H,39,42)/t26-,27-,28+,33?,34?/m1/s1. The van der Waals surface area contributed by atoms with E-state index in [0.717, 1.165) is 4.90 Å². The molecule has 10 heteroatoms. The SMILES string of the molecule is O=C(NNC(=O)[C@@H](Cc1ccccc1)N1C(=O)[C@@H]2[C@H](C1=O)C1(Cl)c3ccccc3C2(Cl)c2ccccc21)c1ccc(Cl)cc1.